The summed E-state index contributed by atoms with van der Waals surface area (Å²) in [6.45, 7) is 6.86. The van der Waals surface area contributed by atoms with Crippen molar-refractivity contribution < 1.29 is 4.74 Å². The minimum Gasteiger partial charge on any atom is -0.478 e. The summed E-state index contributed by atoms with van der Waals surface area (Å²) in [4.78, 5) is 6.71. The molecule has 0 amide bonds. The minimum atomic E-state index is 0.645. The lowest BCUT2D eigenvalue weighted by atomic mass is 10.1. The van der Waals surface area contributed by atoms with Gasteiger partial charge >= 0.3 is 0 Å². The Morgan fingerprint density at radius 3 is 2.89 bits per heavy atom. The SMILES string of the molecule is CCOc1nccc2cc(N3CCNCC3)ccc12. The predicted molar refractivity (Wildman–Crippen MR) is 78.0 cm³/mol. The highest BCUT2D eigenvalue weighted by Crippen LogP contribution is 2.27. The number of benzene rings is 1. The topological polar surface area (TPSA) is 37.4 Å². The van der Waals surface area contributed by atoms with E-state index >= 15 is 0 Å². The van der Waals surface area contributed by atoms with Gasteiger partial charge in [0.15, 0.2) is 0 Å². The standard InChI is InChI=1S/C15H19N3O/c1-2-19-15-14-4-3-13(11-12(14)5-6-17-15)18-9-7-16-8-10-18/h3-6,11,16H,2,7-10H2,1H3. The Balaban J connectivity index is 1.96. The molecule has 0 radical (unpaired) electrons. The number of fused-ring (bicyclic) bond motifs is 1. The first-order valence-electron chi connectivity index (χ1n) is 6.85. The molecule has 1 saturated heterocycles. The monoisotopic (exact) mass is 257 g/mol. The second-order valence-electron chi connectivity index (χ2n) is 4.69. The maximum atomic E-state index is 5.57. The molecule has 100 valence electrons. The zero-order chi connectivity index (χ0) is 13.1. The van der Waals surface area contributed by atoms with Crippen molar-refractivity contribution in [3.63, 3.8) is 0 Å². The van der Waals surface area contributed by atoms with Crippen molar-refractivity contribution in [3.8, 4) is 5.88 Å². The molecule has 1 fully saturated rings. The van der Waals surface area contributed by atoms with E-state index in [0.29, 0.717) is 6.61 Å². The number of hydrogen-bond donors (Lipinski definition) is 1. The lowest BCUT2D eigenvalue weighted by Crippen LogP contribution is -2.43. The van der Waals surface area contributed by atoms with Crippen LogP contribution in [0.15, 0.2) is 30.5 Å². The Morgan fingerprint density at radius 2 is 2.11 bits per heavy atom. The molecule has 0 saturated carbocycles. The van der Waals surface area contributed by atoms with E-state index in [1.54, 1.807) is 0 Å². The summed E-state index contributed by atoms with van der Waals surface area (Å²) >= 11 is 0. The fourth-order valence-electron chi connectivity index (χ4n) is 2.51. The second-order valence-corrected chi connectivity index (χ2v) is 4.69. The van der Waals surface area contributed by atoms with Gasteiger partial charge in [0.2, 0.25) is 5.88 Å². The summed E-state index contributed by atoms with van der Waals surface area (Å²) in [7, 11) is 0. The van der Waals surface area contributed by atoms with Crippen LogP contribution >= 0.6 is 0 Å². The number of aromatic nitrogens is 1. The molecular weight excluding hydrogens is 238 g/mol. The molecule has 19 heavy (non-hydrogen) atoms. The van der Waals surface area contributed by atoms with Crippen LogP contribution in [0.5, 0.6) is 5.88 Å². The van der Waals surface area contributed by atoms with Gasteiger partial charge in [-0.15, -0.1) is 0 Å². The summed E-state index contributed by atoms with van der Waals surface area (Å²) in [5, 5.41) is 5.65. The van der Waals surface area contributed by atoms with Crippen LogP contribution in [-0.2, 0) is 0 Å². The van der Waals surface area contributed by atoms with Crippen molar-refractivity contribution in [2.24, 2.45) is 0 Å². The molecule has 2 heterocycles. The molecule has 1 aromatic heterocycles. The minimum absolute atomic E-state index is 0.645. The van der Waals surface area contributed by atoms with E-state index in [1.807, 2.05) is 19.2 Å². The molecule has 2 aromatic rings. The van der Waals surface area contributed by atoms with Crippen LogP contribution < -0.4 is 15.0 Å². The van der Waals surface area contributed by atoms with Gasteiger partial charge in [-0.1, -0.05) is 0 Å². The first-order valence-corrected chi connectivity index (χ1v) is 6.85. The molecule has 0 unspecified atom stereocenters. The van der Waals surface area contributed by atoms with Crippen LogP contribution in [0.2, 0.25) is 0 Å². The van der Waals surface area contributed by atoms with Gasteiger partial charge in [-0.05, 0) is 36.6 Å². The maximum absolute atomic E-state index is 5.57. The molecular formula is C15H19N3O. The van der Waals surface area contributed by atoms with Crippen LogP contribution in [0.1, 0.15) is 6.92 Å². The zero-order valence-electron chi connectivity index (χ0n) is 11.2. The third kappa shape index (κ3) is 2.49. The molecule has 0 aliphatic carbocycles. The highest BCUT2D eigenvalue weighted by atomic mass is 16.5. The molecule has 4 heteroatoms. The highest BCUT2D eigenvalue weighted by molar-refractivity contribution is 5.89. The van der Waals surface area contributed by atoms with Gasteiger partial charge in [-0.3, -0.25) is 0 Å². The number of hydrogen-bond acceptors (Lipinski definition) is 4. The van der Waals surface area contributed by atoms with Gasteiger partial charge in [-0.2, -0.15) is 0 Å². The maximum Gasteiger partial charge on any atom is 0.221 e. The van der Waals surface area contributed by atoms with Crippen molar-refractivity contribution in [1.82, 2.24) is 10.3 Å². The molecule has 0 bridgehead atoms. The van der Waals surface area contributed by atoms with E-state index in [1.165, 1.54) is 11.1 Å². The Labute approximate surface area is 113 Å². The number of pyridine rings is 1. The molecule has 1 aliphatic rings. The molecule has 1 aromatic carbocycles. The summed E-state index contributed by atoms with van der Waals surface area (Å²) < 4.78 is 5.57. The van der Waals surface area contributed by atoms with E-state index in [-0.39, 0.29) is 0 Å². The van der Waals surface area contributed by atoms with Gasteiger partial charge in [0, 0.05) is 43.4 Å². The van der Waals surface area contributed by atoms with Crippen LogP contribution in [-0.4, -0.2) is 37.8 Å². The van der Waals surface area contributed by atoms with Gasteiger partial charge in [0.1, 0.15) is 0 Å². The average Bonchev–Trinajstić information content (AvgIpc) is 2.48. The highest BCUT2D eigenvalue weighted by Gasteiger charge is 2.11. The lowest BCUT2D eigenvalue weighted by molar-refractivity contribution is 0.331. The Hall–Kier alpha value is -1.81. The second kappa shape index (κ2) is 5.45. The molecule has 1 N–H and O–H groups in total. The summed E-state index contributed by atoms with van der Waals surface area (Å²) in [5.41, 5.74) is 1.28. The number of anilines is 1. The van der Waals surface area contributed by atoms with Crippen molar-refractivity contribution in [3.05, 3.63) is 30.5 Å². The lowest BCUT2D eigenvalue weighted by Gasteiger charge is -2.29. The quantitative estimate of drug-likeness (QED) is 0.913. The normalized spacial score (nSPS) is 15.7. The number of rotatable bonds is 3. The Bertz CT molecular complexity index is 564. The molecule has 1 aliphatic heterocycles. The van der Waals surface area contributed by atoms with E-state index in [9.17, 15) is 0 Å². The van der Waals surface area contributed by atoms with Gasteiger partial charge < -0.3 is 15.0 Å². The third-order valence-electron chi connectivity index (χ3n) is 3.47. The molecule has 4 nitrogen and oxygen atoms in total. The third-order valence-corrected chi connectivity index (χ3v) is 3.47. The van der Waals surface area contributed by atoms with Gasteiger partial charge in [-0.25, -0.2) is 4.98 Å². The fourth-order valence-corrected chi connectivity index (χ4v) is 2.51. The van der Waals surface area contributed by atoms with E-state index < -0.39 is 0 Å². The largest absolute Gasteiger partial charge is 0.478 e. The Morgan fingerprint density at radius 1 is 1.26 bits per heavy atom. The summed E-state index contributed by atoms with van der Waals surface area (Å²) in [6, 6.07) is 8.55. The van der Waals surface area contributed by atoms with Crippen molar-refractivity contribution >= 4 is 16.5 Å². The smallest absolute Gasteiger partial charge is 0.221 e. The van der Waals surface area contributed by atoms with E-state index in [4.69, 9.17) is 4.74 Å². The first-order chi connectivity index (χ1) is 9.38. The summed E-state index contributed by atoms with van der Waals surface area (Å²) in [6.07, 6.45) is 1.81. The van der Waals surface area contributed by atoms with Crippen molar-refractivity contribution in [2.75, 3.05) is 37.7 Å². The zero-order valence-corrected chi connectivity index (χ0v) is 11.2. The predicted octanol–water partition coefficient (Wildman–Crippen LogP) is 2.04. The van der Waals surface area contributed by atoms with Crippen molar-refractivity contribution in [1.29, 1.82) is 0 Å². The fraction of sp³-hybridized carbons (Fsp3) is 0.400. The number of ether oxygens (including phenoxy) is 1. The van der Waals surface area contributed by atoms with E-state index in [2.05, 4.69) is 33.4 Å². The van der Waals surface area contributed by atoms with Crippen LogP contribution in [0.4, 0.5) is 5.69 Å². The van der Waals surface area contributed by atoms with Gasteiger partial charge in [0.05, 0.1) is 6.61 Å². The molecule has 3 rings (SSSR count). The van der Waals surface area contributed by atoms with Gasteiger partial charge in [0.25, 0.3) is 0 Å². The number of nitrogens with zero attached hydrogens (tertiary/aromatic N) is 2. The first kappa shape index (κ1) is 12.2. The molecule has 0 spiro atoms. The molecule has 0 atom stereocenters. The number of piperazine rings is 1. The summed E-state index contributed by atoms with van der Waals surface area (Å²) in [5.74, 6) is 0.729. The van der Waals surface area contributed by atoms with Crippen LogP contribution in [0, 0.1) is 0 Å². The van der Waals surface area contributed by atoms with Crippen molar-refractivity contribution in [2.45, 2.75) is 6.92 Å². The van der Waals surface area contributed by atoms with Crippen LogP contribution in [0.25, 0.3) is 10.8 Å². The van der Waals surface area contributed by atoms with E-state index in [0.717, 1.165) is 37.4 Å². The average molecular weight is 257 g/mol. The Kier molecular flexibility index (Phi) is 3.51. The number of nitrogens with one attached hydrogen (secondary N) is 1. The van der Waals surface area contributed by atoms with Crippen LogP contribution in [0.3, 0.4) is 0 Å².